The molecule has 1 heterocycles. The fourth-order valence-corrected chi connectivity index (χ4v) is 2.15. The van der Waals surface area contributed by atoms with Crippen LogP contribution >= 0.6 is 0 Å². The van der Waals surface area contributed by atoms with Gasteiger partial charge in [0.15, 0.2) is 0 Å². The SMILES string of the molecule is COc1ncc(NC(=O)NCCOc2ccc(CC#N)cc2)cc1C. The van der Waals surface area contributed by atoms with E-state index in [9.17, 15) is 4.79 Å². The number of anilines is 1. The highest BCUT2D eigenvalue weighted by Crippen LogP contribution is 2.17. The molecule has 2 amide bonds. The molecule has 0 aliphatic heterocycles. The van der Waals surface area contributed by atoms with Crippen molar-refractivity contribution in [2.24, 2.45) is 0 Å². The number of aromatic nitrogens is 1. The molecule has 2 aromatic rings. The Balaban J connectivity index is 1.71. The minimum Gasteiger partial charge on any atom is -0.492 e. The average molecular weight is 340 g/mol. The molecule has 0 aliphatic rings. The Labute approximate surface area is 146 Å². The molecular formula is C18H20N4O3. The van der Waals surface area contributed by atoms with E-state index < -0.39 is 0 Å². The highest BCUT2D eigenvalue weighted by atomic mass is 16.5. The van der Waals surface area contributed by atoms with Gasteiger partial charge < -0.3 is 20.1 Å². The lowest BCUT2D eigenvalue weighted by atomic mass is 10.2. The van der Waals surface area contributed by atoms with E-state index in [0.29, 0.717) is 36.9 Å². The fraction of sp³-hybridized carbons (Fsp3) is 0.278. The van der Waals surface area contributed by atoms with Gasteiger partial charge in [-0.3, -0.25) is 0 Å². The highest BCUT2D eigenvalue weighted by molar-refractivity contribution is 5.89. The van der Waals surface area contributed by atoms with Crippen LogP contribution in [0.2, 0.25) is 0 Å². The third-order valence-electron chi connectivity index (χ3n) is 3.34. The molecular weight excluding hydrogens is 320 g/mol. The zero-order valence-corrected chi connectivity index (χ0v) is 14.2. The van der Waals surface area contributed by atoms with Gasteiger partial charge in [-0.1, -0.05) is 12.1 Å². The molecule has 0 unspecified atom stereocenters. The number of benzene rings is 1. The quantitative estimate of drug-likeness (QED) is 0.755. The summed E-state index contributed by atoms with van der Waals surface area (Å²) in [5.74, 6) is 1.22. The van der Waals surface area contributed by atoms with Gasteiger partial charge in [0, 0.05) is 5.56 Å². The number of nitrogens with one attached hydrogen (secondary N) is 2. The molecule has 0 radical (unpaired) electrons. The number of ether oxygens (including phenoxy) is 2. The van der Waals surface area contributed by atoms with Crippen LogP contribution in [0.4, 0.5) is 10.5 Å². The van der Waals surface area contributed by atoms with Crippen LogP contribution in [-0.4, -0.2) is 31.3 Å². The van der Waals surface area contributed by atoms with Crippen molar-refractivity contribution < 1.29 is 14.3 Å². The summed E-state index contributed by atoms with van der Waals surface area (Å²) < 4.78 is 10.6. The summed E-state index contributed by atoms with van der Waals surface area (Å²) in [5, 5.41) is 14.0. The van der Waals surface area contributed by atoms with E-state index in [-0.39, 0.29) is 6.03 Å². The number of nitrogens with zero attached hydrogens (tertiary/aromatic N) is 2. The maximum Gasteiger partial charge on any atom is 0.319 e. The van der Waals surface area contributed by atoms with Gasteiger partial charge in [0.05, 0.1) is 38.0 Å². The fourth-order valence-electron chi connectivity index (χ4n) is 2.15. The Morgan fingerprint density at radius 1 is 1.32 bits per heavy atom. The smallest absolute Gasteiger partial charge is 0.319 e. The molecule has 7 nitrogen and oxygen atoms in total. The van der Waals surface area contributed by atoms with E-state index in [1.807, 2.05) is 19.1 Å². The van der Waals surface area contributed by atoms with Gasteiger partial charge in [0.25, 0.3) is 0 Å². The molecule has 0 saturated carbocycles. The third-order valence-corrected chi connectivity index (χ3v) is 3.34. The maximum atomic E-state index is 11.8. The number of hydrogen-bond acceptors (Lipinski definition) is 5. The largest absolute Gasteiger partial charge is 0.492 e. The van der Waals surface area contributed by atoms with Crippen molar-refractivity contribution in [3.05, 3.63) is 47.7 Å². The summed E-state index contributed by atoms with van der Waals surface area (Å²) in [6.07, 6.45) is 1.91. The van der Waals surface area contributed by atoms with Crippen molar-refractivity contribution in [2.75, 3.05) is 25.6 Å². The van der Waals surface area contributed by atoms with Gasteiger partial charge in [-0.15, -0.1) is 0 Å². The average Bonchev–Trinajstić information content (AvgIpc) is 2.60. The van der Waals surface area contributed by atoms with Crippen LogP contribution in [0.5, 0.6) is 11.6 Å². The summed E-state index contributed by atoms with van der Waals surface area (Å²) >= 11 is 0. The molecule has 25 heavy (non-hydrogen) atoms. The Bertz CT molecular complexity index is 754. The van der Waals surface area contributed by atoms with E-state index >= 15 is 0 Å². The van der Waals surface area contributed by atoms with Crippen molar-refractivity contribution in [3.63, 3.8) is 0 Å². The molecule has 0 bridgehead atoms. The minimum atomic E-state index is -0.334. The molecule has 0 fully saturated rings. The minimum absolute atomic E-state index is 0.334. The van der Waals surface area contributed by atoms with Crippen LogP contribution in [-0.2, 0) is 6.42 Å². The number of methoxy groups -OCH3 is 1. The lowest BCUT2D eigenvalue weighted by molar-refractivity contribution is 0.247. The van der Waals surface area contributed by atoms with Crippen molar-refractivity contribution in [3.8, 4) is 17.7 Å². The van der Waals surface area contributed by atoms with E-state index in [1.54, 1.807) is 25.3 Å². The first-order chi connectivity index (χ1) is 12.1. The molecule has 0 spiro atoms. The Kier molecular flexibility index (Phi) is 6.60. The Morgan fingerprint density at radius 3 is 2.72 bits per heavy atom. The predicted octanol–water partition coefficient (Wildman–Crippen LogP) is 2.67. The number of nitriles is 1. The topological polar surface area (TPSA) is 96.3 Å². The standard InChI is InChI=1S/C18H20N4O3/c1-13-11-15(12-21-17(13)24-2)22-18(23)20-9-10-25-16-5-3-14(4-6-16)7-8-19/h3-6,11-12H,7,9-10H2,1-2H3,(H2,20,22,23). The van der Waals surface area contributed by atoms with Crippen molar-refractivity contribution in [1.29, 1.82) is 5.26 Å². The van der Waals surface area contributed by atoms with E-state index in [2.05, 4.69) is 21.7 Å². The van der Waals surface area contributed by atoms with E-state index in [4.69, 9.17) is 14.7 Å². The molecule has 0 saturated heterocycles. The first kappa shape index (κ1) is 18.1. The van der Waals surface area contributed by atoms with Gasteiger partial charge >= 0.3 is 6.03 Å². The maximum absolute atomic E-state index is 11.8. The number of pyridine rings is 1. The van der Waals surface area contributed by atoms with Crippen LogP contribution in [0.15, 0.2) is 36.5 Å². The van der Waals surface area contributed by atoms with Crippen LogP contribution in [0.3, 0.4) is 0 Å². The monoisotopic (exact) mass is 340 g/mol. The Morgan fingerprint density at radius 2 is 2.08 bits per heavy atom. The van der Waals surface area contributed by atoms with E-state index in [0.717, 1.165) is 11.1 Å². The highest BCUT2D eigenvalue weighted by Gasteiger charge is 2.05. The molecule has 1 aromatic heterocycles. The summed E-state index contributed by atoms with van der Waals surface area (Å²) in [6.45, 7) is 2.55. The second kappa shape index (κ2) is 9.13. The van der Waals surface area contributed by atoms with E-state index in [1.165, 1.54) is 6.20 Å². The van der Waals surface area contributed by atoms with Crippen molar-refractivity contribution >= 4 is 11.7 Å². The first-order valence-corrected chi connectivity index (χ1v) is 7.76. The van der Waals surface area contributed by atoms with Crippen LogP contribution in [0, 0.1) is 18.3 Å². The molecule has 1 aromatic carbocycles. The van der Waals surface area contributed by atoms with Gasteiger partial charge in [-0.25, -0.2) is 9.78 Å². The summed E-state index contributed by atoms with van der Waals surface area (Å²) in [7, 11) is 1.55. The molecule has 2 rings (SSSR count). The number of carbonyl (C=O) groups excluding carboxylic acids is 1. The molecule has 0 aliphatic carbocycles. The zero-order chi connectivity index (χ0) is 18.1. The van der Waals surface area contributed by atoms with Crippen molar-refractivity contribution in [2.45, 2.75) is 13.3 Å². The number of aryl methyl sites for hydroxylation is 1. The molecule has 130 valence electrons. The number of rotatable bonds is 7. The number of amides is 2. The van der Waals surface area contributed by atoms with Gasteiger partial charge in [0.1, 0.15) is 12.4 Å². The predicted molar refractivity (Wildman–Crippen MR) is 93.8 cm³/mol. The number of carbonyl (C=O) groups is 1. The van der Waals surface area contributed by atoms with Crippen LogP contribution in [0.25, 0.3) is 0 Å². The zero-order valence-electron chi connectivity index (χ0n) is 14.2. The summed E-state index contributed by atoms with van der Waals surface area (Å²) in [4.78, 5) is 15.9. The molecule has 7 heteroatoms. The lowest BCUT2D eigenvalue weighted by Gasteiger charge is -2.10. The van der Waals surface area contributed by atoms with Gasteiger partial charge in [-0.2, -0.15) is 5.26 Å². The molecule has 0 atom stereocenters. The Hall–Kier alpha value is -3.27. The third kappa shape index (κ3) is 5.70. The first-order valence-electron chi connectivity index (χ1n) is 7.76. The normalized spacial score (nSPS) is 9.80. The second-order valence-electron chi connectivity index (χ2n) is 5.26. The number of hydrogen-bond donors (Lipinski definition) is 2. The van der Waals surface area contributed by atoms with Crippen molar-refractivity contribution in [1.82, 2.24) is 10.3 Å². The van der Waals surface area contributed by atoms with Gasteiger partial charge in [0.2, 0.25) is 5.88 Å². The van der Waals surface area contributed by atoms with Gasteiger partial charge in [-0.05, 0) is 30.7 Å². The molecule has 2 N–H and O–H groups in total. The second-order valence-corrected chi connectivity index (χ2v) is 5.26. The summed E-state index contributed by atoms with van der Waals surface area (Å²) in [6, 6.07) is 10.8. The summed E-state index contributed by atoms with van der Waals surface area (Å²) in [5.41, 5.74) is 2.36. The number of urea groups is 1. The van der Waals surface area contributed by atoms with Crippen LogP contribution < -0.4 is 20.1 Å². The lowest BCUT2D eigenvalue weighted by Crippen LogP contribution is -2.32. The van der Waals surface area contributed by atoms with Crippen LogP contribution in [0.1, 0.15) is 11.1 Å².